The summed E-state index contributed by atoms with van der Waals surface area (Å²) in [6, 6.07) is 36.4. The van der Waals surface area contributed by atoms with Crippen LogP contribution in [0.15, 0.2) is 109 Å². The van der Waals surface area contributed by atoms with E-state index < -0.39 is 11.2 Å². The maximum Gasteiger partial charge on any atom is 0.118 e. The van der Waals surface area contributed by atoms with Crippen molar-refractivity contribution >= 4 is 0 Å². The molecular weight excluding hydrogens is 488 g/mol. The zero-order valence-electron chi connectivity index (χ0n) is 22.5. The Balaban J connectivity index is 0.000000198. The van der Waals surface area contributed by atoms with Crippen molar-refractivity contribution in [3.8, 4) is 11.5 Å². The highest BCUT2D eigenvalue weighted by molar-refractivity contribution is 5.37. The summed E-state index contributed by atoms with van der Waals surface area (Å²) in [4.78, 5) is 2.33. The van der Waals surface area contributed by atoms with Crippen molar-refractivity contribution in [3.63, 3.8) is 0 Å². The van der Waals surface area contributed by atoms with Crippen LogP contribution < -0.4 is 14.8 Å². The Morgan fingerprint density at radius 3 is 1.38 bits per heavy atom. The fourth-order valence-electron chi connectivity index (χ4n) is 5.24. The minimum Gasteiger partial charge on any atom is -0.497 e. The summed E-state index contributed by atoms with van der Waals surface area (Å²) in [5.74, 6) is 1.62. The van der Waals surface area contributed by atoms with Crippen LogP contribution in [-0.2, 0) is 11.2 Å². The van der Waals surface area contributed by atoms with Gasteiger partial charge >= 0.3 is 0 Å². The van der Waals surface area contributed by atoms with Crippen LogP contribution in [0.3, 0.4) is 0 Å². The average Bonchev–Trinajstić information content (AvgIpc) is 2.96. The molecule has 2 fully saturated rings. The van der Waals surface area contributed by atoms with Gasteiger partial charge < -0.3 is 25.0 Å². The molecule has 0 bridgehead atoms. The number of nitrogens with one attached hydrogen (secondary N) is 1. The van der Waals surface area contributed by atoms with Crippen LogP contribution >= 0.6 is 0 Å². The molecule has 6 rings (SSSR count). The molecule has 2 aliphatic heterocycles. The number of likely N-dealkylation sites (tertiary alicyclic amines) is 1. The van der Waals surface area contributed by atoms with Gasteiger partial charge in [-0.3, -0.25) is 4.90 Å². The third-order valence-electron chi connectivity index (χ3n) is 7.61. The standard InChI is InChI=1S/C23H23NO2.C10H13NO2/c1-26-21-14-12-20(13-15-21)23(25)16-24(17-23)22(18-8-4-2-5-9-18)19-10-6-3-7-11-19;1-13-9-4-2-8(3-5-9)10(12)6-11-7-10/h2-15,22,25H,16-17H2,1H3;2-5,11-12H,6-7H2,1H3. The molecule has 0 atom stereocenters. The molecule has 39 heavy (non-hydrogen) atoms. The molecular formula is C33H36N2O4. The number of aliphatic hydroxyl groups is 2. The molecule has 6 nitrogen and oxygen atoms in total. The Kier molecular flexibility index (Phi) is 8.00. The van der Waals surface area contributed by atoms with Gasteiger partial charge in [0, 0.05) is 26.2 Å². The van der Waals surface area contributed by atoms with Gasteiger partial charge in [-0.05, 0) is 46.5 Å². The predicted octanol–water partition coefficient (Wildman–Crippen LogP) is 4.47. The fraction of sp³-hybridized carbons (Fsp3) is 0.273. The van der Waals surface area contributed by atoms with E-state index in [1.807, 2.05) is 60.7 Å². The summed E-state index contributed by atoms with van der Waals surface area (Å²) in [6.45, 7) is 2.49. The van der Waals surface area contributed by atoms with Gasteiger partial charge in [-0.25, -0.2) is 0 Å². The molecule has 0 saturated carbocycles. The van der Waals surface area contributed by atoms with Crippen LogP contribution in [0.25, 0.3) is 0 Å². The summed E-state index contributed by atoms with van der Waals surface area (Å²) >= 11 is 0. The number of β-amino-alcohol motifs (C(OH)–C–C–N with tert-alkyl or cyclic N) is 2. The van der Waals surface area contributed by atoms with E-state index in [9.17, 15) is 10.2 Å². The van der Waals surface area contributed by atoms with Gasteiger partial charge in [-0.15, -0.1) is 0 Å². The molecule has 0 amide bonds. The van der Waals surface area contributed by atoms with Crippen molar-refractivity contribution in [1.29, 1.82) is 0 Å². The van der Waals surface area contributed by atoms with E-state index >= 15 is 0 Å². The monoisotopic (exact) mass is 524 g/mol. The van der Waals surface area contributed by atoms with Gasteiger partial charge in [0.1, 0.15) is 22.7 Å². The van der Waals surface area contributed by atoms with E-state index in [2.05, 4.69) is 58.7 Å². The maximum absolute atomic E-state index is 11.1. The summed E-state index contributed by atoms with van der Waals surface area (Å²) in [5.41, 5.74) is 2.91. The molecule has 4 aromatic rings. The molecule has 6 heteroatoms. The number of hydrogen-bond donors (Lipinski definition) is 3. The predicted molar refractivity (Wildman–Crippen MR) is 153 cm³/mol. The number of rotatable bonds is 7. The smallest absolute Gasteiger partial charge is 0.118 e. The molecule has 4 aromatic carbocycles. The largest absolute Gasteiger partial charge is 0.497 e. The molecule has 2 saturated heterocycles. The highest BCUT2D eigenvalue weighted by Crippen LogP contribution is 2.40. The lowest BCUT2D eigenvalue weighted by atomic mass is 9.82. The second-order valence-corrected chi connectivity index (χ2v) is 10.3. The Hall–Kier alpha value is -3.68. The summed E-state index contributed by atoms with van der Waals surface area (Å²) in [7, 11) is 3.29. The third-order valence-corrected chi connectivity index (χ3v) is 7.61. The Labute approximate surface area is 230 Å². The van der Waals surface area contributed by atoms with Crippen molar-refractivity contribution in [3.05, 3.63) is 131 Å². The van der Waals surface area contributed by atoms with Crippen LogP contribution in [0.1, 0.15) is 28.3 Å². The van der Waals surface area contributed by atoms with Crippen molar-refractivity contribution < 1.29 is 19.7 Å². The van der Waals surface area contributed by atoms with Gasteiger partial charge in [0.15, 0.2) is 0 Å². The van der Waals surface area contributed by atoms with E-state index in [0.29, 0.717) is 26.2 Å². The maximum atomic E-state index is 11.1. The van der Waals surface area contributed by atoms with E-state index in [4.69, 9.17) is 9.47 Å². The number of hydrogen-bond acceptors (Lipinski definition) is 6. The van der Waals surface area contributed by atoms with Crippen LogP contribution in [0, 0.1) is 0 Å². The van der Waals surface area contributed by atoms with Gasteiger partial charge in [0.05, 0.1) is 20.3 Å². The van der Waals surface area contributed by atoms with Gasteiger partial charge in [0.2, 0.25) is 0 Å². The first-order valence-electron chi connectivity index (χ1n) is 13.2. The molecule has 0 aliphatic carbocycles. The van der Waals surface area contributed by atoms with Crippen molar-refractivity contribution in [1.82, 2.24) is 10.2 Å². The number of nitrogens with zero attached hydrogens (tertiary/aromatic N) is 1. The zero-order chi connectivity index (χ0) is 27.3. The first-order chi connectivity index (χ1) is 18.9. The summed E-state index contributed by atoms with van der Waals surface area (Å²) in [5, 5.41) is 24.1. The molecule has 3 N–H and O–H groups in total. The SMILES string of the molecule is COc1ccc(C2(O)CN(C(c3ccccc3)c3ccccc3)C2)cc1.COc1ccc(C2(O)CNC2)cc1. The second kappa shape index (κ2) is 11.6. The molecule has 0 unspecified atom stereocenters. The number of methoxy groups -OCH3 is 2. The van der Waals surface area contributed by atoms with E-state index in [0.717, 1.165) is 22.6 Å². The minimum atomic E-state index is -0.811. The molecule has 0 radical (unpaired) electrons. The first kappa shape index (κ1) is 26.9. The Bertz CT molecular complexity index is 1280. The van der Waals surface area contributed by atoms with Crippen molar-refractivity contribution in [2.75, 3.05) is 40.4 Å². The minimum absolute atomic E-state index is 0.149. The van der Waals surface area contributed by atoms with E-state index in [1.54, 1.807) is 14.2 Å². The molecule has 202 valence electrons. The second-order valence-electron chi connectivity index (χ2n) is 10.3. The third kappa shape index (κ3) is 5.84. The summed E-state index contributed by atoms with van der Waals surface area (Å²) in [6.07, 6.45) is 0. The van der Waals surface area contributed by atoms with E-state index in [-0.39, 0.29) is 6.04 Å². The van der Waals surface area contributed by atoms with Gasteiger partial charge in [-0.1, -0.05) is 84.9 Å². The normalized spacial score (nSPS) is 17.3. The Morgan fingerprint density at radius 1 is 0.615 bits per heavy atom. The lowest BCUT2D eigenvalue weighted by Crippen LogP contribution is -2.60. The number of benzene rings is 4. The number of ether oxygens (including phenoxy) is 2. The van der Waals surface area contributed by atoms with Crippen LogP contribution in [0.5, 0.6) is 11.5 Å². The van der Waals surface area contributed by atoms with Crippen LogP contribution in [-0.4, -0.2) is 55.5 Å². The summed E-state index contributed by atoms with van der Waals surface area (Å²) < 4.78 is 10.3. The van der Waals surface area contributed by atoms with Crippen molar-refractivity contribution in [2.24, 2.45) is 0 Å². The van der Waals surface area contributed by atoms with Gasteiger partial charge in [-0.2, -0.15) is 0 Å². The zero-order valence-corrected chi connectivity index (χ0v) is 22.5. The fourth-order valence-corrected chi connectivity index (χ4v) is 5.24. The highest BCUT2D eigenvalue weighted by Gasteiger charge is 2.46. The average molecular weight is 525 g/mol. The Morgan fingerprint density at radius 2 is 1.03 bits per heavy atom. The first-order valence-corrected chi connectivity index (χ1v) is 13.2. The lowest BCUT2D eigenvalue weighted by Gasteiger charge is -2.50. The van der Waals surface area contributed by atoms with Gasteiger partial charge in [0.25, 0.3) is 0 Å². The lowest BCUT2D eigenvalue weighted by molar-refractivity contribution is -0.116. The molecule has 2 heterocycles. The topological polar surface area (TPSA) is 74.2 Å². The quantitative estimate of drug-likeness (QED) is 0.331. The molecule has 0 aromatic heterocycles. The van der Waals surface area contributed by atoms with Crippen LogP contribution in [0.4, 0.5) is 0 Å². The molecule has 2 aliphatic rings. The highest BCUT2D eigenvalue weighted by atomic mass is 16.5. The van der Waals surface area contributed by atoms with E-state index in [1.165, 1.54) is 11.1 Å². The molecule has 0 spiro atoms. The van der Waals surface area contributed by atoms with Crippen molar-refractivity contribution in [2.45, 2.75) is 17.2 Å². The van der Waals surface area contributed by atoms with Crippen LogP contribution in [0.2, 0.25) is 0 Å².